The van der Waals surface area contributed by atoms with Gasteiger partial charge in [0.1, 0.15) is 5.75 Å². The van der Waals surface area contributed by atoms with Crippen molar-refractivity contribution in [2.45, 2.75) is 51.9 Å². The fourth-order valence-electron chi connectivity index (χ4n) is 1.89. The van der Waals surface area contributed by atoms with Crippen molar-refractivity contribution in [1.82, 2.24) is 0 Å². The highest BCUT2D eigenvalue weighted by Crippen LogP contribution is 2.33. The Kier molecular flexibility index (Phi) is 4.67. The van der Waals surface area contributed by atoms with E-state index in [0.717, 1.165) is 6.42 Å². The highest BCUT2D eigenvalue weighted by Gasteiger charge is 2.20. The third-order valence-electron chi connectivity index (χ3n) is 3.13. The largest absolute Gasteiger partial charge is 0.506 e. The molecule has 0 aromatic heterocycles. The Hall–Kier alpha value is -0.690. The molecule has 16 heavy (non-hydrogen) atoms. The van der Waals surface area contributed by atoms with Gasteiger partial charge >= 0.3 is 0 Å². The van der Waals surface area contributed by atoms with Gasteiger partial charge in [0.2, 0.25) is 0 Å². The summed E-state index contributed by atoms with van der Waals surface area (Å²) in [5.74, 6) is 0.162. The molecule has 0 saturated carbocycles. The summed E-state index contributed by atoms with van der Waals surface area (Å²) in [4.78, 5) is 0. The number of hydrogen-bond donors (Lipinski definition) is 1. The monoisotopic (exact) mass is 240 g/mol. The Labute approximate surface area is 103 Å². The zero-order valence-corrected chi connectivity index (χ0v) is 11.1. The summed E-state index contributed by atoms with van der Waals surface area (Å²) in [6.07, 6.45) is 4.91. The van der Waals surface area contributed by atoms with E-state index in [2.05, 4.69) is 20.8 Å². The third kappa shape index (κ3) is 3.41. The Bertz CT molecular complexity index is 345. The molecule has 0 fully saturated rings. The molecule has 0 saturated heterocycles. The lowest BCUT2D eigenvalue weighted by Gasteiger charge is -2.25. The van der Waals surface area contributed by atoms with Crippen LogP contribution in [0.15, 0.2) is 18.2 Å². The topological polar surface area (TPSA) is 20.2 Å². The van der Waals surface area contributed by atoms with Gasteiger partial charge in [0.15, 0.2) is 0 Å². The Morgan fingerprint density at radius 3 is 2.50 bits per heavy atom. The number of halogens is 1. The minimum absolute atomic E-state index is 0.131. The van der Waals surface area contributed by atoms with Crippen LogP contribution in [0.5, 0.6) is 5.75 Å². The number of hydrogen-bond acceptors (Lipinski definition) is 1. The maximum atomic E-state index is 9.39. The van der Waals surface area contributed by atoms with Crippen LogP contribution in [0.4, 0.5) is 0 Å². The molecule has 2 heteroatoms. The molecule has 1 rings (SSSR count). The van der Waals surface area contributed by atoms with Gasteiger partial charge < -0.3 is 5.11 Å². The van der Waals surface area contributed by atoms with Crippen molar-refractivity contribution in [3.63, 3.8) is 0 Å². The number of benzene rings is 1. The fraction of sp³-hybridized carbons (Fsp3) is 0.571. The Balaban J connectivity index is 2.76. The van der Waals surface area contributed by atoms with Crippen LogP contribution in [0, 0.1) is 0 Å². The van der Waals surface area contributed by atoms with E-state index in [4.69, 9.17) is 11.6 Å². The quantitative estimate of drug-likeness (QED) is 0.726. The van der Waals surface area contributed by atoms with Crippen LogP contribution >= 0.6 is 11.6 Å². The minimum atomic E-state index is 0.131. The van der Waals surface area contributed by atoms with Gasteiger partial charge in [0.25, 0.3) is 0 Å². The summed E-state index contributed by atoms with van der Waals surface area (Å²) in [6.45, 7) is 6.67. The van der Waals surface area contributed by atoms with Gasteiger partial charge in [0, 0.05) is 0 Å². The van der Waals surface area contributed by atoms with Gasteiger partial charge in [-0.3, -0.25) is 0 Å². The van der Waals surface area contributed by atoms with E-state index in [0.29, 0.717) is 5.02 Å². The SMILES string of the molecule is CCCCCC(C)(C)c1ccc(O)c(Cl)c1. The second kappa shape index (κ2) is 5.58. The average Bonchev–Trinajstić information content (AvgIpc) is 2.22. The molecule has 1 aromatic rings. The van der Waals surface area contributed by atoms with E-state index >= 15 is 0 Å². The lowest BCUT2D eigenvalue weighted by molar-refractivity contribution is 0.447. The van der Waals surface area contributed by atoms with Crippen LogP contribution in [0.3, 0.4) is 0 Å². The van der Waals surface area contributed by atoms with Crippen molar-refractivity contribution in [3.8, 4) is 5.75 Å². The van der Waals surface area contributed by atoms with E-state index in [1.807, 2.05) is 12.1 Å². The molecule has 0 aliphatic rings. The molecule has 1 aromatic carbocycles. The van der Waals surface area contributed by atoms with Crippen LogP contribution in [0.25, 0.3) is 0 Å². The predicted molar refractivity (Wildman–Crippen MR) is 70.3 cm³/mol. The van der Waals surface area contributed by atoms with Crippen molar-refractivity contribution in [1.29, 1.82) is 0 Å². The normalized spacial score (nSPS) is 11.8. The molecule has 0 unspecified atom stereocenters. The summed E-state index contributed by atoms with van der Waals surface area (Å²) in [5.41, 5.74) is 1.33. The van der Waals surface area contributed by atoms with Gasteiger partial charge in [-0.25, -0.2) is 0 Å². The lowest BCUT2D eigenvalue weighted by Crippen LogP contribution is -2.16. The van der Waals surface area contributed by atoms with Gasteiger partial charge in [0.05, 0.1) is 5.02 Å². The van der Waals surface area contributed by atoms with Crippen LogP contribution in [0.1, 0.15) is 52.0 Å². The zero-order chi connectivity index (χ0) is 12.2. The molecule has 0 aliphatic heterocycles. The van der Waals surface area contributed by atoms with Crippen LogP contribution in [-0.4, -0.2) is 5.11 Å². The first-order chi connectivity index (χ1) is 7.47. The lowest BCUT2D eigenvalue weighted by atomic mass is 9.80. The molecular formula is C14H21ClO. The molecule has 1 N–H and O–H groups in total. The molecular weight excluding hydrogens is 220 g/mol. The van der Waals surface area contributed by atoms with Gasteiger partial charge in [-0.05, 0) is 29.5 Å². The molecule has 0 amide bonds. The Morgan fingerprint density at radius 2 is 1.94 bits per heavy atom. The number of unbranched alkanes of at least 4 members (excludes halogenated alkanes) is 2. The van der Waals surface area contributed by atoms with Crippen LogP contribution < -0.4 is 0 Å². The molecule has 0 spiro atoms. The van der Waals surface area contributed by atoms with Crippen LogP contribution in [-0.2, 0) is 5.41 Å². The van der Waals surface area contributed by atoms with Gasteiger partial charge in [-0.2, -0.15) is 0 Å². The van der Waals surface area contributed by atoms with Crippen molar-refractivity contribution < 1.29 is 5.11 Å². The number of phenolic OH excluding ortho intramolecular Hbond substituents is 1. The smallest absolute Gasteiger partial charge is 0.134 e. The first-order valence-corrected chi connectivity index (χ1v) is 6.34. The molecule has 0 radical (unpaired) electrons. The maximum absolute atomic E-state index is 9.39. The first kappa shape index (κ1) is 13.4. The van der Waals surface area contributed by atoms with E-state index in [1.165, 1.54) is 24.8 Å². The summed E-state index contributed by atoms with van der Waals surface area (Å²) in [5, 5.41) is 9.84. The summed E-state index contributed by atoms with van der Waals surface area (Å²) in [7, 11) is 0. The summed E-state index contributed by atoms with van der Waals surface area (Å²) in [6, 6.07) is 5.52. The molecule has 0 heterocycles. The molecule has 1 nitrogen and oxygen atoms in total. The Morgan fingerprint density at radius 1 is 1.25 bits per heavy atom. The number of aromatic hydroxyl groups is 1. The second-order valence-electron chi connectivity index (χ2n) is 5.01. The van der Waals surface area contributed by atoms with Crippen molar-refractivity contribution >= 4 is 11.6 Å². The first-order valence-electron chi connectivity index (χ1n) is 5.96. The molecule has 0 atom stereocenters. The van der Waals surface area contributed by atoms with Crippen molar-refractivity contribution in [2.24, 2.45) is 0 Å². The standard InChI is InChI=1S/C14H21ClO/c1-4-5-6-9-14(2,3)11-7-8-13(16)12(15)10-11/h7-8,10,16H,4-6,9H2,1-3H3. The summed E-state index contributed by atoms with van der Waals surface area (Å²) >= 11 is 5.93. The van der Waals surface area contributed by atoms with E-state index in [9.17, 15) is 5.11 Å². The van der Waals surface area contributed by atoms with Crippen molar-refractivity contribution in [2.75, 3.05) is 0 Å². The van der Waals surface area contributed by atoms with E-state index < -0.39 is 0 Å². The van der Waals surface area contributed by atoms with E-state index in [-0.39, 0.29) is 11.2 Å². The fourth-order valence-corrected chi connectivity index (χ4v) is 2.07. The highest BCUT2D eigenvalue weighted by molar-refractivity contribution is 6.32. The van der Waals surface area contributed by atoms with Gasteiger partial charge in [-0.1, -0.05) is 57.7 Å². The van der Waals surface area contributed by atoms with Crippen molar-refractivity contribution in [3.05, 3.63) is 28.8 Å². The molecule has 0 bridgehead atoms. The predicted octanol–water partition coefficient (Wildman–Crippen LogP) is 4.90. The van der Waals surface area contributed by atoms with Crippen LogP contribution in [0.2, 0.25) is 5.02 Å². The minimum Gasteiger partial charge on any atom is -0.506 e. The second-order valence-corrected chi connectivity index (χ2v) is 5.41. The number of rotatable bonds is 5. The van der Waals surface area contributed by atoms with Gasteiger partial charge in [-0.15, -0.1) is 0 Å². The van der Waals surface area contributed by atoms with E-state index in [1.54, 1.807) is 6.07 Å². The molecule has 0 aliphatic carbocycles. The summed E-state index contributed by atoms with van der Waals surface area (Å²) < 4.78 is 0. The zero-order valence-electron chi connectivity index (χ0n) is 10.4. The number of phenols is 1. The maximum Gasteiger partial charge on any atom is 0.134 e. The average molecular weight is 241 g/mol. The third-order valence-corrected chi connectivity index (χ3v) is 3.44. The molecule has 90 valence electrons. The highest BCUT2D eigenvalue weighted by atomic mass is 35.5.